The minimum atomic E-state index is -3.63. The summed E-state index contributed by atoms with van der Waals surface area (Å²) in [5.74, 6) is 0.938. The number of rotatable bonds is 5. The van der Waals surface area contributed by atoms with Crippen molar-refractivity contribution in [1.82, 2.24) is 4.98 Å². The van der Waals surface area contributed by atoms with E-state index < -0.39 is 10.0 Å². The lowest BCUT2D eigenvalue weighted by atomic mass is 10.3. The van der Waals surface area contributed by atoms with Crippen LogP contribution in [0.1, 0.15) is 20.8 Å². The standard InChI is InChI=1S/C9H17N3O2S3/c1-9(2,3)15-5-4-11-8-12-6-7(16-8)17(10,13)14/h6H,4-5H2,1-3H3,(H,11,12)(H2,10,13,14). The second-order valence-electron chi connectivity index (χ2n) is 4.42. The van der Waals surface area contributed by atoms with Crippen molar-refractivity contribution in [3.05, 3.63) is 6.20 Å². The Hall–Kier alpha value is -0.310. The number of hydrogen-bond acceptors (Lipinski definition) is 6. The minimum absolute atomic E-state index is 0.0866. The SMILES string of the molecule is CC(C)(C)SCCNc1ncc(S(N)(=O)=O)s1. The number of nitrogens with two attached hydrogens (primary N) is 1. The first kappa shape index (κ1) is 14.7. The summed E-state index contributed by atoms with van der Waals surface area (Å²) in [6, 6.07) is 0. The molecule has 5 nitrogen and oxygen atoms in total. The third-order valence-electron chi connectivity index (χ3n) is 1.68. The first-order chi connectivity index (χ1) is 7.68. The zero-order valence-corrected chi connectivity index (χ0v) is 12.5. The molecule has 0 aliphatic carbocycles. The topological polar surface area (TPSA) is 85.1 Å². The number of nitrogens with zero attached hydrogens (tertiary/aromatic N) is 1. The van der Waals surface area contributed by atoms with E-state index in [0.717, 1.165) is 23.6 Å². The Morgan fingerprint density at radius 2 is 2.18 bits per heavy atom. The molecule has 0 spiro atoms. The molecular formula is C9H17N3O2S3. The third kappa shape index (κ3) is 5.71. The zero-order chi connectivity index (χ0) is 13.1. The minimum Gasteiger partial charge on any atom is -0.361 e. The molecular weight excluding hydrogens is 278 g/mol. The predicted octanol–water partition coefficient (Wildman–Crippen LogP) is 1.73. The van der Waals surface area contributed by atoms with Crippen molar-refractivity contribution in [2.45, 2.75) is 29.7 Å². The second-order valence-corrected chi connectivity index (χ2v) is 9.16. The highest BCUT2D eigenvalue weighted by molar-refractivity contribution is 8.00. The van der Waals surface area contributed by atoms with Crippen LogP contribution in [0.3, 0.4) is 0 Å². The summed E-state index contributed by atoms with van der Waals surface area (Å²) in [7, 11) is -3.63. The lowest BCUT2D eigenvalue weighted by Crippen LogP contribution is -2.12. The normalized spacial score (nSPS) is 12.7. The molecule has 0 saturated carbocycles. The Kier molecular flexibility index (Phi) is 4.82. The van der Waals surface area contributed by atoms with Gasteiger partial charge in [0.2, 0.25) is 10.0 Å². The van der Waals surface area contributed by atoms with Crippen molar-refractivity contribution in [3.63, 3.8) is 0 Å². The molecule has 0 aliphatic rings. The molecule has 0 bridgehead atoms. The van der Waals surface area contributed by atoms with E-state index in [9.17, 15) is 8.42 Å². The predicted molar refractivity (Wildman–Crippen MR) is 74.2 cm³/mol. The number of thiazole rings is 1. The van der Waals surface area contributed by atoms with Gasteiger partial charge in [0.25, 0.3) is 0 Å². The van der Waals surface area contributed by atoms with Crippen LogP contribution >= 0.6 is 23.1 Å². The van der Waals surface area contributed by atoms with Gasteiger partial charge in [0.05, 0.1) is 6.20 Å². The number of thioether (sulfide) groups is 1. The average Bonchev–Trinajstić information content (AvgIpc) is 2.58. The lowest BCUT2D eigenvalue weighted by molar-refractivity contribution is 0.599. The number of hydrogen-bond donors (Lipinski definition) is 2. The van der Waals surface area contributed by atoms with Gasteiger partial charge in [0, 0.05) is 17.0 Å². The largest absolute Gasteiger partial charge is 0.361 e. The number of sulfonamides is 1. The number of aromatic nitrogens is 1. The van der Waals surface area contributed by atoms with Gasteiger partial charge in [0.1, 0.15) is 0 Å². The molecule has 0 fully saturated rings. The van der Waals surface area contributed by atoms with Crippen molar-refractivity contribution < 1.29 is 8.42 Å². The Labute approximate surface area is 110 Å². The van der Waals surface area contributed by atoms with E-state index in [-0.39, 0.29) is 8.96 Å². The van der Waals surface area contributed by atoms with Gasteiger partial charge in [-0.15, -0.1) is 0 Å². The van der Waals surface area contributed by atoms with Crippen LogP contribution in [0.15, 0.2) is 10.4 Å². The van der Waals surface area contributed by atoms with Crippen LogP contribution in [0.25, 0.3) is 0 Å². The van der Waals surface area contributed by atoms with Gasteiger partial charge in [-0.25, -0.2) is 18.5 Å². The molecule has 0 saturated heterocycles. The number of primary sulfonamides is 1. The molecule has 0 radical (unpaired) electrons. The summed E-state index contributed by atoms with van der Waals surface area (Å²) in [6.07, 6.45) is 1.28. The molecule has 98 valence electrons. The quantitative estimate of drug-likeness (QED) is 0.808. The summed E-state index contributed by atoms with van der Waals surface area (Å²) in [6.45, 7) is 7.21. The zero-order valence-electron chi connectivity index (χ0n) is 10.1. The fraction of sp³-hybridized carbons (Fsp3) is 0.667. The van der Waals surface area contributed by atoms with Crippen LogP contribution in [-0.4, -0.2) is 30.4 Å². The van der Waals surface area contributed by atoms with Gasteiger partial charge < -0.3 is 5.32 Å². The monoisotopic (exact) mass is 295 g/mol. The second kappa shape index (κ2) is 5.55. The molecule has 17 heavy (non-hydrogen) atoms. The molecule has 1 aromatic rings. The Morgan fingerprint density at radius 3 is 2.65 bits per heavy atom. The molecule has 0 amide bonds. The van der Waals surface area contributed by atoms with Crippen LogP contribution < -0.4 is 10.5 Å². The highest BCUT2D eigenvalue weighted by Gasteiger charge is 2.13. The Balaban J connectivity index is 2.41. The summed E-state index contributed by atoms with van der Waals surface area (Å²) in [5, 5.41) is 8.66. The molecule has 0 unspecified atom stereocenters. The molecule has 3 N–H and O–H groups in total. The molecule has 0 aliphatic heterocycles. The highest BCUT2D eigenvalue weighted by atomic mass is 32.2. The maximum absolute atomic E-state index is 11.0. The van der Waals surface area contributed by atoms with Crippen molar-refractivity contribution in [1.29, 1.82) is 0 Å². The maximum Gasteiger partial charge on any atom is 0.249 e. The van der Waals surface area contributed by atoms with Gasteiger partial charge >= 0.3 is 0 Å². The van der Waals surface area contributed by atoms with E-state index in [0.29, 0.717) is 5.13 Å². The van der Waals surface area contributed by atoms with Crippen molar-refractivity contribution in [3.8, 4) is 0 Å². The van der Waals surface area contributed by atoms with Crippen molar-refractivity contribution >= 4 is 38.3 Å². The van der Waals surface area contributed by atoms with Gasteiger partial charge in [0.15, 0.2) is 9.34 Å². The Bertz CT molecular complexity index is 462. The smallest absolute Gasteiger partial charge is 0.249 e. The molecule has 1 aromatic heterocycles. The van der Waals surface area contributed by atoms with E-state index in [2.05, 4.69) is 31.1 Å². The van der Waals surface area contributed by atoms with Crippen LogP contribution in [0, 0.1) is 0 Å². The fourth-order valence-electron chi connectivity index (χ4n) is 0.988. The molecule has 1 rings (SSSR count). The first-order valence-electron chi connectivity index (χ1n) is 5.05. The van der Waals surface area contributed by atoms with Gasteiger partial charge in [-0.1, -0.05) is 32.1 Å². The average molecular weight is 295 g/mol. The summed E-state index contributed by atoms with van der Waals surface area (Å²) >= 11 is 2.89. The van der Waals surface area contributed by atoms with Crippen LogP contribution in [0.4, 0.5) is 5.13 Å². The molecule has 0 atom stereocenters. The third-order valence-corrected chi connectivity index (χ3v) is 5.32. The van der Waals surface area contributed by atoms with Crippen LogP contribution in [0.2, 0.25) is 0 Å². The molecule has 0 aromatic carbocycles. The number of nitrogens with one attached hydrogen (secondary N) is 1. The van der Waals surface area contributed by atoms with Crippen molar-refractivity contribution in [2.24, 2.45) is 5.14 Å². The molecule has 8 heteroatoms. The van der Waals surface area contributed by atoms with E-state index in [1.165, 1.54) is 6.20 Å². The Morgan fingerprint density at radius 1 is 1.53 bits per heavy atom. The van der Waals surface area contributed by atoms with Gasteiger partial charge in [-0.2, -0.15) is 11.8 Å². The summed E-state index contributed by atoms with van der Waals surface area (Å²) < 4.78 is 22.4. The lowest BCUT2D eigenvalue weighted by Gasteiger charge is -2.17. The maximum atomic E-state index is 11.0. The van der Waals surface area contributed by atoms with E-state index in [1.54, 1.807) is 0 Å². The van der Waals surface area contributed by atoms with E-state index >= 15 is 0 Å². The van der Waals surface area contributed by atoms with Crippen molar-refractivity contribution in [2.75, 3.05) is 17.6 Å². The molecule has 1 heterocycles. The summed E-state index contributed by atoms with van der Waals surface area (Å²) in [4.78, 5) is 3.96. The van der Waals surface area contributed by atoms with Crippen LogP contribution in [-0.2, 0) is 10.0 Å². The van der Waals surface area contributed by atoms with Gasteiger partial charge in [-0.3, -0.25) is 0 Å². The van der Waals surface area contributed by atoms with E-state index in [1.807, 2.05) is 11.8 Å². The fourth-order valence-corrected chi connectivity index (χ4v) is 3.28. The number of anilines is 1. The van der Waals surface area contributed by atoms with Gasteiger partial charge in [-0.05, 0) is 0 Å². The first-order valence-corrected chi connectivity index (χ1v) is 8.40. The van der Waals surface area contributed by atoms with Crippen LogP contribution in [0.5, 0.6) is 0 Å². The summed E-state index contributed by atoms with van der Waals surface area (Å²) in [5.41, 5.74) is 0. The van der Waals surface area contributed by atoms with E-state index in [4.69, 9.17) is 5.14 Å². The highest BCUT2D eigenvalue weighted by Crippen LogP contribution is 2.24.